The lowest BCUT2D eigenvalue weighted by molar-refractivity contribution is -0.373. The van der Waals surface area contributed by atoms with E-state index in [1.54, 1.807) is 48.5 Å². The number of nitrogens with zero attached hydrogens (tertiary/aromatic N) is 2. The third-order valence-corrected chi connectivity index (χ3v) is 11.3. The number of carbonyl (C=O) groups excluding carboxylic acids is 2. The molecular weight excluding hydrogens is 696 g/mol. The van der Waals surface area contributed by atoms with Crippen molar-refractivity contribution in [1.29, 1.82) is 0 Å². The summed E-state index contributed by atoms with van der Waals surface area (Å²) >= 11 is 0. The quantitative estimate of drug-likeness (QED) is 0.306. The van der Waals surface area contributed by atoms with E-state index in [1.165, 1.54) is 0 Å². The Labute approximate surface area is 317 Å². The summed E-state index contributed by atoms with van der Waals surface area (Å²) in [5.74, 6) is -0.489. The van der Waals surface area contributed by atoms with Crippen LogP contribution in [0.1, 0.15) is 125 Å². The molecule has 14 nitrogen and oxygen atoms in total. The Hall–Kier alpha value is -3.02. The summed E-state index contributed by atoms with van der Waals surface area (Å²) in [5.41, 5.74) is -0.311. The van der Waals surface area contributed by atoms with Crippen LogP contribution in [-0.4, -0.2) is 104 Å². The second-order valence-corrected chi connectivity index (χ2v) is 17.9. The van der Waals surface area contributed by atoms with Gasteiger partial charge >= 0.3 is 0 Å². The van der Waals surface area contributed by atoms with Crippen molar-refractivity contribution in [3.8, 4) is 0 Å². The van der Waals surface area contributed by atoms with E-state index in [9.17, 15) is 30.2 Å². The summed E-state index contributed by atoms with van der Waals surface area (Å²) in [6, 6.07) is 13.3. The zero-order valence-electron chi connectivity index (χ0n) is 32.5. The van der Waals surface area contributed by atoms with Crippen LogP contribution in [0, 0.1) is 0 Å². The number of aliphatic hydroxyl groups is 2. The first-order chi connectivity index (χ1) is 25.2. The van der Waals surface area contributed by atoms with E-state index in [4.69, 9.17) is 18.9 Å². The van der Waals surface area contributed by atoms with Gasteiger partial charge in [-0.2, -0.15) is 0 Å². The number of benzene rings is 2. The molecule has 6 rings (SSSR count). The number of nitrogens with one attached hydrogen (secondary N) is 2. The van der Waals surface area contributed by atoms with Crippen LogP contribution in [0.25, 0.3) is 0 Å². The molecular formula is C40H56N4O10. The summed E-state index contributed by atoms with van der Waals surface area (Å²) in [6.45, 7) is 14.6. The fraction of sp³-hybridized carbons (Fsp3) is 0.650. The molecule has 2 aromatic rings. The predicted octanol–water partition coefficient (Wildman–Crippen LogP) is 4.13. The monoisotopic (exact) mass is 752 g/mol. The minimum Gasteiger partial charge on any atom is -0.394 e. The average Bonchev–Trinajstić information content (AvgIpc) is 3.11. The maximum Gasteiger partial charge on any atom is 0.251 e. The fourth-order valence-corrected chi connectivity index (χ4v) is 8.96. The highest BCUT2D eigenvalue weighted by atomic mass is 16.8. The zero-order chi connectivity index (χ0) is 39.4. The van der Waals surface area contributed by atoms with Gasteiger partial charge in [-0.25, -0.2) is 0 Å². The number of hydroxylamine groups is 4. The minimum absolute atomic E-state index is 0.103. The molecule has 296 valence electrons. The highest BCUT2D eigenvalue weighted by Crippen LogP contribution is 2.41. The van der Waals surface area contributed by atoms with Crippen molar-refractivity contribution in [2.24, 2.45) is 0 Å². The molecule has 0 aromatic heterocycles. The van der Waals surface area contributed by atoms with E-state index in [-0.39, 0.29) is 30.5 Å². The van der Waals surface area contributed by atoms with Crippen molar-refractivity contribution in [3.05, 3.63) is 70.8 Å². The SMILES string of the molecule is CC1(C)CC(NC(=O)c2ccc(C3OC4COC(c5ccc(C(=O)NC6CC(C)(C)N([O])C(C)(C)C6)cc5)OC4C(C(O)CO)O3)cc2)CC(C)(C)N1[O]. The normalized spacial score (nSPS) is 30.6. The van der Waals surface area contributed by atoms with Gasteiger partial charge in [0.2, 0.25) is 0 Å². The second kappa shape index (κ2) is 15.1. The number of hydrogen-bond acceptors (Lipinski definition) is 10. The molecule has 54 heavy (non-hydrogen) atoms. The van der Waals surface area contributed by atoms with Crippen LogP contribution >= 0.6 is 0 Å². The third kappa shape index (κ3) is 8.38. The van der Waals surface area contributed by atoms with Crippen molar-refractivity contribution in [2.45, 2.75) is 152 Å². The minimum atomic E-state index is -1.28. The maximum absolute atomic E-state index is 13.2. The van der Waals surface area contributed by atoms with Crippen LogP contribution in [0.2, 0.25) is 0 Å². The summed E-state index contributed by atoms with van der Waals surface area (Å²) in [4.78, 5) is 26.4. The first kappa shape index (κ1) is 40.6. The maximum atomic E-state index is 13.2. The lowest BCUT2D eigenvalue weighted by Gasteiger charge is -2.50. The van der Waals surface area contributed by atoms with Crippen LogP contribution in [0.5, 0.6) is 0 Å². The van der Waals surface area contributed by atoms with Crippen molar-refractivity contribution in [2.75, 3.05) is 13.2 Å². The number of fused-ring (bicyclic) bond motifs is 1. The molecule has 4 N–H and O–H groups in total. The highest BCUT2D eigenvalue weighted by Gasteiger charge is 2.50. The molecule has 0 spiro atoms. The van der Waals surface area contributed by atoms with Gasteiger partial charge in [0, 0.05) is 56.5 Å². The lowest BCUT2D eigenvalue weighted by atomic mass is 9.79. The van der Waals surface area contributed by atoms with Crippen molar-refractivity contribution in [3.63, 3.8) is 0 Å². The van der Waals surface area contributed by atoms with Gasteiger partial charge in [-0.1, -0.05) is 24.3 Å². The number of rotatable bonds is 8. The van der Waals surface area contributed by atoms with Crippen LogP contribution in [0.3, 0.4) is 0 Å². The standard InChI is InChI=1S/C40H56N4O10/c1-37(2)17-27(18-38(3,4)43(37)49)41-33(47)23-9-13-25(14-10-23)35-51-22-30-32(54-35)31(29(46)21-45)53-36(52-30)26-15-11-24(12-16-26)34(48)42-28-19-39(5,6)44(50)40(7,8)20-28/h9-16,27-32,35-36,45-46H,17-22H2,1-8H3,(H,41,47)(H,42,48). The molecule has 6 atom stereocenters. The number of hydrogen-bond donors (Lipinski definition) is 4. The zero-order valence-corrected chi connectivity index (χ0v) is 32.5. The fourth-order valence-electron chi connectivity index (χ4n) is 8.96. The molecule has 6 unspecified atom stereocenters. The average molecular weight is 753 g/mol. The molecule has 4 fully saturated rings. The van der Waals surface area contributed by atoms with Crippen molar-refractivity contribution < 1.29 is 49.2 Å². The molecule has 2 amide bonds. The number of carbonyl (C=O) groups is 2. The first-order valence-electron chi connectivity index (χ1n) is 18.8. The summed E-state index contributed by atoms with van der Waals surface area (Å²) in [6.07, 6.45) is -3.34. The van der Waals surface area contributed by atoms with Gasteiger partial charge in [-0.05, 0) is 105 Å². The number of piperidine rings is 2. The molecule has 4 aliphatic heterocycles. The van der Waals surface area contributed by atoms with Crippen molar-refractivity contribution >= 4 is 11.8 Å². The van der Waals surface area contributed by atoms with E-state index in [2.05, 4.69) is 10.6 Å². The molecule has 0 aliphatic carbocycles. The van der Waals surface area contributed by atoms with Gasteiger partial charge in [0.25, 0.3) is 11.8 Å². The second-order valence-electron chi connectivity index (χ2n) is 17.9. The topological polar surface area (TPSA) is 182 Å². The van der Waals surface area contributed by atoms with E-state index in [0.717, 1.165) is 10.1 Å². The Morgan fingerprint density at radius 3 is 1.50 bits per heavy atom. The first-order valence-corrected chi connectivity index (χ1v) is 18.8. The van der Waals surface area contributed by atoms with Gasteiger partial charge < -0.3 is 39.8 Å². The van der Waals surface area contributed by atoms with E-state index in [0.29, 0.717) is 47.9 Å². The van der Waals surface area contributed by atoms with Gasteiger partial charge in [-0.3, -0.25) is 9.59 Å². The predicted molar refractivity (Wildman–Crippen MR) is 194 cm³/mol. The molecule has 0 bridgehead atoms. The molecule has 4 aliphatic rings. The van der Waals surface area contributed by atoms with Crippen LogP contribution < -0.4 is 10.6 Å². The van der Waals surface area contributed by atoms with E-state index >= 15 is 0 Å². The van der Waals surface area contributed by atoms with Crippen LogP contribution in [0.4, 0.5) is 0 Å². The van der Waals surface area contributed by atoms with Crippen LogP contribution in [-0.2, 0) is 29.4 Å². The van der Waals surface area contributed by atoms with Gasteiger partial charge in [0.15, 0.2) is 12.6 Å². The molecule has 0 saturated carbocycles. The Bertz CT molecular complexity index is 1610. The number of ether oxygens (including phenoxy) is 4. The van der Waals surface area contributed by atoms with Gasteiger partial charge in [0.05, 0.1) is 13.2 Å². The van der Waals surface area contributed by atoms with E-state index in [1.807, 2.05) is 55.4 Å². The van der Waals surface area contributed by atoms with Crippen LogP contribution in [0.15, 0.2) is 48.5 Å². The largest absolute Gasteiger partial charge is 0.394 e. The smallest absolute Gasteiger partial charge is 0.251 e. The third-order valence-electron chi connectivity index (χ3n) is 11.3. The lowest BCUT2D eigenvalue weighted by Crippen LogP contribution is -2.62. The Balaban J connectivity index is 1.07. The summed E-state index contributed by atoms with van der Waals surface area (Å²) < 4.78 is 24.8. The highest BCUT2D eigenvalue weighted by molar-refractivity contribution is 5.95. The van der Waals surface area contributed by atoms with Gasteiger partial charge in [0.1, 0.15) is 24.4 Å². The molecule has 14 heteroatoms. The summed E-state index contributed by atoms with van der Waals surface area (Å²) in [5, 5.41) is 54.7. The Morgan fingerprint density at radius 1 is 0.685 bits per heavy atom. The molecule has 4 saturated heterocycles. The Kier molecular flexibility index (Phi) is 11.4. The molecule has 2 radical (unpaired) electrons. The Morgan fingerprint density at radius 2 is 1.09 bits per heavy atom. The summed E-state index contributed by atoms with van der Waals surface area (Å²) in [7, 11) is 0. The number of amides is 2. The molecule has 2 aromatic carbocycles. The van der Waals surface area contributed by atoms with Crippen molar-refractivity contribution in [1.82, 2.24) is 20.8 Å². The number of aliphatic hydroxyl groups excluding tert-OH is 2. The van der Waals surface area contributed by atoms with Gasteiger partial charge in [-0.15, -0.1) is 20.5 Å². The molecule has 4 heterocycles. The van der Waals surface area contributed by atoms with E-state index < -0.39 is 65.8 Å².